The summed E-state index contributed by atoms with van der Waals surface area (Å²) < 4.78 is 0. The molecule has 1 aromatic carbocycles. The lowest BCUT2D eigenvalue weighted by atomic mass is 10.1. The number of hydrogen-bond donors (Lipinski definition) is 0. The molecule has 0 unspecified atom stereocenters. The summed E-state index contributed by atoms with van der Waals surface area (Å²) in [4.78, 5) is 16.0. The van der Waals surface area contributed by atoms with Crippen LogP contribution in [0.2, 0.25) is 0 Å². The van der Waals surface area contributed by atoms with Gasteiger partial charge in [0.15, 0.2) is 0 Å². The van der Waals surface area contributed by atoms with Crippen LogP contribution in [0.15, 0.2) is 24.4 Å². The molecule has 0 saturated heterocycles. The standard InChI is InChI=1S/C12H12N2O2S/c1-3-9-7-13-12(17-9)10-5-4-8(2)6-11(10)14(15)16/h4-7H,3H2,1-2H3. The van der Waals surface area contributed by atoms with Gasteiger partial charge in [-0.2, -0.15) is 0 Å². The van der Waals surface area contributed by atoms with Crippen LogP contribution in [0.4, 0.5) is 5.69 Å². The summed E-state index contributed by atoms with van der Waals surface area (Å²) in [6.07, 6.45) is 2.68. The summed E-state index contributed by atoms with van der Waals surface area (Å²) >= 11 is 1.51. The Hall–Kier alpha value is -1.75. The molecule has 1 aromatic heterocycles. The maximum atomic E-state index is 11.0. The molecule has 0 aliphatic carbocycles. The average Bonchev–Trinajstić information content (AvgIpc) is 2.77. The summed E-state index contributed by atoms with van der Waals surface area (Å²) in [7, 11) is 0. The highest BCUT2D eigenvalue weighted by Crippen LogP contribution is 2.33. The third-order valence-corrected chi connectivity index (χ3v) is 3.66. The lowest BCUT2D eigenvalue weighted by molar-refractivity contribution is -0.384. The van der Waals surface area contributed by atoms with Crippen molar-refractivity contribution < 1.29 is 4.92 Å². The first kappa shape index (κ1) is 11.7. The summed E-state index contributed by atoms with van der Waals surface area (Å²) in [6.45, 7) is 3.89. The van der Waals surface area contributed by atoms with Crippen LogP contribution in [0.25, 0.3) is 10.6 Å². The molecule has 2 rings (SSSR count). The van der Waals surface area contributed by atoms with E-state index in [1.165, 1.54) is 11.3 Å². The van der Waals surface area contributed by atoms with Crippen LogP contribution in [0.3, 0.4) is 0 Å². The first-order chi connectivity index (χ1) is 8.11. The summed E-state index contributed by atoms with van der Waals surface area (Å²) in [5.74, 6) is 0. The van der Waals surface area contributed by atoms with E-state index in [1.54, 1.807) is 18.3 Å². The number of thiazole rings is 1. The van der Waals surface area contributed by atoms with Crippen LogP contribution in [0, 0.1) is 17.0 Å². The Labute approximate surface area is 103 Å². The molecular formula is C12H12N2O2S. The molecule has 17 heavy (non-hydrogen) atoms. The van der Waals surface area contributed by atoms with E-state index < -0.39 is 0 Å². The van der Waals surface area contributed by atoms with Crippen LogP contribution in [0.5, 0.6) is 0 Å². The molecule has 0 spiro atoms. The van der Waals surface area contributed by atoms with Crippen molar-refractivity contribution in [2.24, 2.45) is 0 Å². The molecular weight excluding hydrogens is 236 g/mol. The zero-order chi connectivity index (χ0) is 12.4. The van der Waals surface area contributed by atoms with Crippen molar-refractivity contribution in [2.45, 2.75) is 20.3 Å². The van der Waals surface area contributed by atoms with Crippen LogP contribution in [0.1, 0.15) is 17.4 Å². The third kappa shape index (κ3) is 2.34. The molecule has 0 N–H and O–H groups in total. The number of nitro groups is 1. The van der Waals surface area contributed by atoms with Gasteiger partial charge in [-0.3, -0.25) is 10.1 Å². The fraction of sp³-hybridized carbons (Fsp3) is 0.250. The van der Waals surface area contributed by atoms with Gasteiger partial charge >= 0.3 is 0 Å². The second-order valence-electron chi connectivity index (χ2n) is 3.76. The molecule has 0 fully saturated rings. The number of nitro benzene ring substituents is 1. The van der Waals surface area contributed by atoms with Gasteiger partial charge in [-0.05, 0) is 25.0 Å². The van der Waals surface area contributed by atoms with Gasteiger partial charge < -0.3 is 0 Å². The minimum absolute atomic E-state index is 0.127. The quantitative estimate of drug-likeness (QED) is 0.616. The van der Waals surface area contributed by atoms with Gasteiger partial charge in [-0.1, -0.05) is 13.0 Å². The summed E-state index contributed by atoms with van der Waals surface area (Å²) in [5.41, 5.74) is 1.61. The van der Waals surface area contributed by atoms with E-state index >= 15 is 0 Å². The lowest BCUT2D eigenvalue weighted by Crippen LogP contribution is -1.92. The van der Waals surface area contributed by atoms with Crippen LogP contribution in [-0.4, -0.2) is 9.91 Å². The van der Waals surface area contributed by atoms with E-state index in [0.717, 1.165) is 16.9 Å². The van der Waals surface area contributed by atoms with Gasteiger partial charge in [-0.15, -0.1) is 11.3 Å². The van der Waals surface area contributed by atoms with Crippen molar-refractivity contribution in [1.82, 2.24) is 4.98 Å². The average molecular weight is 248 g/mol. The van der Waals surface area contributed by atoms with Crippen LogP contribution >= 0.6 is 11.3 Å². The largest absolute Gasteiger partial charge is 0.279 e. The third-order valence-electron chi connectivity index (χ3n) is 2.48. The van der Waals surface area contributed by atoms with E-state index in [2.05, 4.69) is 4.98 Å². The van der Waals surface area contributed by atoms with Gasteiger partial charge in [0.05, 0.1) is 10.5 Å². The number of rotatable bonds is 3. The Bertz CT molecular complexity index is 563. The summed E-state index contributed by atoms with van der Waals surface area (Å²) in [5, 5.41) is 11.7. The number of hydrogen-bond acceptors (Lipinski definition) is 4. The second-order valence-corrected chi connectivity index (χ2v) is 4.88. The number of benzene rings is 1. The van der Waals surface area contributed by atoms with Crippen molar-refractivity contribution in [3.63, 3.8) is 0 Å². The number of nitrogens with zero attached hydrogens (tertiary/aromatic N) is 2. The van der Waals surface area contributed by atoms with E-state index in [0.29, 0.717) is 10.6 Å². The van der Waals surface area contributed by atoms with Gasteiger partial charge in [-0.25, -0.2) is 4.98 Å². The van der Waals surface area contributed by atoms with Crippen molar-refractivity contribution in [1.29, 1.82) is 0 Å². The molecule has 0 aliphatic heterocycles. The molecule has 0 atom stereocenters. The van der Waals surface area contributed by atoms with Gasteiger partial charge in [0.2, 0.25) is 0 Å². The van der Waals surface area contributed by atoms with Crippen LogP contribution < -0.4 is 0 Å². The topological polar surface area (TPSA) is 56.0 Å². The molecule has 0 radical (unpaired) electrons. The maximum Gasteiger partial charge on any atom is 0.279 e. The first-order valence-electron chi connectivity index (χ1n) is 5.32. The molecule has 0 saturated carbocycles. The monoisotopic (exact) mass is 248 g/mol. The molecule has 5 heteroatoms. The molecule has 1 heterocycles. The SMILES string of the molecule is CCc1cnc(-c2ccc(C)cc2[N+](=O)[O-])s1. The number of aryl methyl sites for hydroxylation is 2. The Morgan fingerprint density at radius 1 is 1.47 bits per heavy atom. The second kappa shape index (κ2) is 4.63. The van der Waals surface area contributed by atoms with Gasteiger partial charge in [0.1, 0.15) is 5.01 Å². The predicted molar refractivity (Wildman–Crippen MR) is 68.3 cm³/mol. The molecule has 2 aromatic rings. The fourth-order valence-electron chi connectivity index (χ4n) is 1.57. The maximum absolute atomic E-state index is 11.0. The molecule has 0 aliphatic rings. The Balaban J connectivity index is 2.54. The number of aromatic nitrogens is 1. The zero-order valence-electron chi connectivity index (χ0n) is 9.64. The first-order valence-corrected chi connectivity index (χ1v) is 6.13. The van der Waals surface area contributed by atoms with Crippen molar-refractivity contribution in [3.05, 3.63) is 45.0 Å². The van der Waals surface area contributed by atoms with Gasteiger partial charge in [0, 0.05) is 17.1 Å². The van der Waals surface area contributed by atoms with Crippen molar-refractivity contribution in [3.8, 4) is 10.6 Å². The molecule has 0 bridgehead atoms. The Kier molecular flexibility index (Phi) is 3.19. The highest BCUT2D eigenvalue weighted by molar-refractivity contribution is 7.15. The zero-order valence-corrected chi connectivity index (χ0v) is 10.5. The van der Waals surface area contributed by atoms with Gasteiger partial charge in [0.25, 0.3) is 5.69 Å². The highest BCUT2D eigenvalue weighted by Gasteiger charge is 2.17. The normalized spacial score (nSPS) is 10.5. The highest BCUT2D eigenvalue weighted by atomic mass is 32.1. The fourth-order valence-corrected chi connectivity index (χ4v) is 2.46. The molecule has 88 valence electrons. The lowest BCUT2D eigenvalue weighted by Gasteiger charge is -2.00. The predicted octanol–water partition coefficient (Wildman–Crippen LogP) is 3.59. The van der Waals surface area contributed by atoms with Crippen LogP contribution in [-0.2, 0) is 6.42 Å². The van der Waals surface area contributed by atoms with E-state index in [-0.39, 0.29) is 10.6 Å². The Morgan fingerprint density at radius 2 is 2.24 bits per heavy atom. The van der Waals surface area contributed by atoms with E-state index in [9.17, 15) is 10.1 Å². The van der Waals surface area contributed by atoms with Crippen molar-refractivity contribution in [2.75, 3.05) is 0 Å². The minimum Gasteiger partial charge on any atom is -0.258 e. The molecule has 4 nitrogen and oxygen atoms in total. The minimum atomic E-state index is -0.352. The molecule has 0 amide bonds. The summed E-state index contributed by atoms with van der Waals surface area (Å²) in [6, 6.07) is 5.23. The van der Waals surface area contributed by atoms with E-state index in [1.807, 2.05) is 19.9 Å². The smallest absolute Gasteiger partial charge is 0.258 e. The Morgan fingerprint density at radius 3 is 2.82 bits per heavy atom. The van der Waals surface area contributed by atoms with E-state index in [4.69, 9.17) is 0 Å². The van der Waals surface area contributed by atoms with Crippen molar-refractivity contribution >= 4 is 17.0 Å².